The Morgan fingerprint density at radius 1 is 1.19 bits per heavy atom. The Hall–Kier alpha value is -0.810. The predicted molar refractivity (Wildman–Crippen MR) is 82.3 cm³/mol. The van der Waals surface area contributed by atoms with Crippen molar-refractivity contribution in [3.8, 4) is 0 Å². The fourth-order valence-corrected chi connectivity index (χ4v) is 3.99. The van der Waals surface area contributed by atoms with E-state index in [0.717, 1.165) is 51.6 Å². The van der Waals surface area contributed by atoms with Gasteiger partial charge in [0.05, 0.1) is 6.10 Å². The molecule has 122 valence electrons. The molecule has 2 unspecified atom stereocenters. The van der Waals surface area contributed by atoms with Crippen LogP contribution in [0.4, 0.5) is 4.79 Å². The zero-order valence-electron chi connectivity index (χ0n) is 13.3. The van der Waals surface area contributed by atoms with Crippen LogP contribution in [0.2, 0.25) is 0 Å². The van der Waals surface area contributed by atoms with Gasteiger partial charge in [-0.1, -0.05) is 0 Å². The fourth-order valence-electron chi connectivity index (χ4n) is 3.99. The van der Waals surface area contributed by atoms with Gasteiger partial charge in [0, 0.05) is 24.7 Å². The number of hydrogen-bond donors (Lipinski definition) is 2. The minimum absolute atomic E-state index is 0.115. The van der Waals surface area contributed by atoms with E-state index < -0.39 is 6.09 Å². The van der Waals surface area contributed by atoms with Crippen molar-refractivity contribution >= 4 is 6.09 Å². The van der Waals surface area contributed by atoms with Crippen LogP contribution >= 0.6 is 0 Å². The number of carbonyl (C=O) groups is 1. The van der Waals surface area contributed by atoms with Crippen molar-refractivity contribution in [1.29, 1.82) is 0 Å². The van der Waals surface area contributed by atoms with Crippen molar-refractivity contribution in [3.63, 3.8) is 0 Å². The van der Waals surface area contributed by atoms with Crippen LogP contribution in [0.3, 0.4) is 0 Å². The molecule has 1 aliphatic carbocycles. The maximum Gasteiger partial charge on any atom is 0.407 e. The van der Waals surface area contributed by atoms with E-state index in [9.17, 15) is 9.90 Å². The summed E-state index contributed by atoms with van der Waals surface area (Å²) in [4.78, 5) is 12.8. The molecule has 2 rings (SSSR count). The number of nitrogens with two attached hydrogens (primary N) is 1. The lowest BCUT2D eigenvalue weighted by Crippen LogP contribution is -2.49. The molecular weight excluding hydrogens is 268 g/mol. The maximum atomic E-state index is 11.2. The summed E-state index contributed by atoms with van der Waals surface area (Å²) >= 11 is 0. The van der Waals surface area contributed by atoms with Gasteiger partial charge < -0.3 is 20.5 Å². The first kappa shape index (κ1) is 16.6. The molecule has 1 aliphatic heterocycles. The molecule has 3 atom stereocenters. The highest BCUT2D eigenvalue weighted by Crippen LogP contribution is 2.30. The first-order valence-corrected chi connectivity index (χ1v) is 8.35. The summed E-state index contributed by atoms with van der Waals surface area (Å²) in [5.74, 6) is 0.580. The Kier molecular flexibility index (Phi) is 5.88. The molecule has 2 aliphatic rings. The maximum absolute atomic E-state index is 11.2. The summed E-state index contributed by atoms with van der Waals surface area (Å²) in [5, 5.41) is 9.22. The Balaban J connectivity index is 1.69. The average molecular weight is 298 g/mol. The molecule has 2 fully saturated rings. The van der Waals surface area contributed by atoms with E-state index in [1.165, 1.54) is 0 Å². The standard InChI is InChI=1S/C16H30N2O3/c1-11-9-13(10-12(2)18(11)16(19)20)7-8-21-15-5-3-14(17)4-6-15/h11-15H,3-10,17H2,1-2H3,(H,19,20)/t11-,12?,13?,14-,15-/m0/s1. The van der Waals surface area contributed by atoms with Crippen LogP contribution in [0, 0.1) is 5.92 Å². The Morgan fingerprint density at radius 3 is 2.29 bits per heavy atom. The normalized spacial score (nSPS) is 37.5. The van der Waals surface area contributed by atoms with E-state index in [1.54, 1.807) is 4.90 Å². The Labute approximate surface area is 127 Å². The topological polar surface area (TPSA) is 75.8 Å². The van der Waals surface area contributed by atoms with Crippen LogP contribution < -0.4 is 5.73 Å². The summed E-state index contributed by atoms with van der Waals surface area (Å²) in [6, 6.07) is 0.597. The molecule has 5 heteroatoms. The van der Waals surface area contributed by atoms with Crippen LogP contribution in [0.5, 0.6) is 0 Å². The van der Waals surface area contributed by atoms with Gasteiger partial charge >= 0.3 is 6.09 Å². The molecule has 0 radical (unpaired) electrons. The highest BCUT2D eigenvalue weighted by atomic mass is 16.5. The average Bonchev–Trinajstić information content (AvgIpc) is 2.40. The lowest BCUT2D eigenvalue weighted by Gasteiger charge is -2.41. The lowest BCUT2D eigenvalue weighted by molar-refractivity contribution is 0.00632. The van der Waals surface area contributed by atoms with Crippen LogP contribution in [0.25, 0.3) is 0 Å². The molecule has 0 aromatic heterocycles. The second kappa shape index (κ2) is 7.45. The quantitative estimate of drug-likeness (QED) is 0.837. The monoisotopic (exact) mass is 298 g/mol. The molecule has 1 saturated heterocycles. The molecule has 0 aromatic rings. The van der Waals surface area contributed by atoms with E-state index in [4.69, 9.17) is 10.5 Å². The molecule has 1 heterocycles. The van der Waals surface area contributed by atoms with Gasteiger partial charge in [-0.2, -0.15) is 0 Å². The van der Waals surface area contributed by atoms with Crippen molar-refractivity contribution in [2.45, 2.75) is 83.0 Å². The number of likely N-dealkylation sites (tertiary alicyclic amines) is 1. The molecule has 0 bridgehead atoms. The summed E-state index contributed by atoms with van der Waals surface area (Å²) in [6.07, 6.45) is 6.89. The van der Waals surface area contributed by atoms with E-state index in [2.05, 4.69) is 0 Å². The molecular formula is C16H30N2O3. The van der Waals surface area contributed by atoms with Gasteiger partial charge in [-0.25, -0.2) is 4.79 Å². The summed E-state index contributed by atoms with van der Waals surface area (Å²) in [6.45, 7) is 4.83. The van der Waals surface area contributed by atoms with E-state index in [1.807, 2.05) is 13.8 Å². The first-order chi connectivity index (χ1) is 9.97. The van der Waals surface area contributed by atoms with Crippen LogP contribution in [0.15, 0.2) is 0 Å². The Bertz CT molecular complexity index is 330. The molecule has 5 nitrogen and oxygen atoms in total. The van der Waals surface area contributed by atoms with Gasteiger partial charge in [0.25, 0.3) is 0 Å². The minimum atomic E-state index is -0.789. The second-order valence-electron chi connectivity index (χ2n) is 6.92. The van der Waals surface area contributed by atoms with Gasteiger partial charge in [-0.15, -0.1) is 0 Å². The fraction of sp³-hybridized carbons (Fsp3) is 0.938. The number of amides is 1. The van der Waals surface area contributed by atoms with E-state index in [-0.39, 0.29) is 12.1 Å². The smallest absolute Gasteiger partial charge is 0.407 e. The van der Waals surface area contributed by atoms with Gasteiger partial charge in [-0.3, -0.25) is 0 Å². The zero-order chi connectivity index (χ0) is 15.4. The number of piperidine rings is 1. The minimum Gasteiger partial charge on any atom is -0.465 e. The number of carboxylic acid groups (broad SMARTS) is 1. The number of hydrogen-bond acceptors (Lipinski definition) is 3. The van der Waals surface area contributed by atoms with Crippen molar-refractivity contribution in [2.75, 3.05) is 6.61 Å². The van der Waals surface area contributed by atoms with Gasteiger partial charge in [0.1, 0.15) is 0 Å². The molecule has 0 aromatic carbocycles. The molecule has 21 heavy (non-hydrogen) atoms. The van der Waals surface area contributed by atoms with Crippen LogP contribution in [-0.2, 0) is 4.74 Å². The third kappa shape index (κ3) is 4.58. The Morgan fingerprint density at radius 2 is 1.76 bits per heavy atom. The van der Waals surface area contributed by atoms with Gasteiger partial charge in [0.2, 0.25) is 0 Å². The van der Waals surface area contributed by atoms with Gasteiger partial charge in [0.15, 0.2) is 0 Å². The lowest BCUT2D eigenvalue weighted by atomic mass is 9.85. The van der Waals surface area contributed by atoms with Crippen molar-refractivity contribution in [2.24, 2.45) is 11.7 Å². The molecule has 0 spiro atoms. The van der Waals surface area contributed by atoms with Crippen molar-refractivity contribution in [1.82, 2.24) is 4.90 Å². The number of nitrogens with zero attached hydrogens (tertiary/aromatic N) is 1. The van der Waals surface area contributed by atoms with Crippen LogP contribution in [-0.4, -0.2) is 46.9 Å². The third-order valence-electron chi connectivity index (χ3n) is 5.12. The SMILES string of the molecule is CC1CC(CCO[C@H]2CC[C@H](N)CC2)C[C@H](C)N1C(=O)O. The highest BCUT2D eigenvalue weighted by molar-refractivity contribution is 5.66. The highest BCUT2D eigenvalue weighted by Gasteiger charge is 2.33. The van der Waals surface area contributed by atoms with Crippen molar-refractivity contribution < 1.29 is 14.6 Å². The largest absolute Gasteiger partial charge is 0.465 e. The molecule has 3 N–H and O–H groups in total. The predicted octanol–water partition coefficient (Wildman–Crippen LogP) is 2.83. The van der Waals surface area contributed by atoms with E-state index >= 15 is 0 Å². The van der Waals surface area contributed by atoms with Crippen LogP contribution in [0.1, 0.15) is 58.8 Å². The number of ether oxygens (including phenoxy) is 1. The summed E-state index contributed by atoms with van der Waals surface area (Å²) < 4.78 is 5.99. The third-order valence-corrected chi connectivity index (χ3v) is 5.12. The number of rotatable bonds is 4. The van der Waals surface area contributed by atoms with Gasteiger partial charge in [-0.05, 0) is 64.7 Å². The van der Waals surface area contributed by atoms with E-state index in [0.29, 0.717) is 18.1 Å². The second-order valence-corrected chi connectivity index (χ2v) is 6.92. The molecule has 1 saturated carbocycles. The zero-order valence-corrected chi connectivity index (χ0v) is 13.3. The van der Waals surface area contributed by atoms with Crippen molar-refractivity contribution in [3.05, 3.63) is 0 Å². The summed E-state index contributed by atoms with van der Waals surface area (Å²) in [5.41, 5.74) is 5.90. The first-order valence-electron chi connectivity index (χ1n) is 8.35. The molecule has 1 amide bonds. The summed E-state index contributed by atoms with van der Waals surface area (Å²) in [7, 11) is 0.